The number of aliphatic hydroxyl groups excluding tert-OH is 1. The zero-order valence-electron chi connectivity index (χ0n) is 15.5. The van der Waals surface area contributed by atoms with Crippen LogP contribution in [0, 0.1) is 0 Å². The topological polar surface area (TPSA) is 107 Å². The molecule has 0 saturated heterocycles. The molecule has 0 atom stereocenters. The molecule has 0 aliphatic rings. The zero-order valence-corrected chi connectivity index (χ0v) is 17.8. The summed E-state index contributed by atoms with van der Waals surface area (Å²) in [4.78, 5) is -0.0660. The Labute approximate surface area is 178 Å². The Bertz CT molecular complexity index is 1120. The summed E-state index contributed by atoms with van der Waals surface area (Å²) in [6.07, 6.45) is 1.02. The van der Waals surface area contributed by atoms with Gasteiger partial charge in [-0.1, -0.05) is 35.3 Å². The van der Waals surface area contributed by atoms with Crippen LogP contribution in [0.25, 0.3) is 16.9 Å². The highest BCUT2D eigenvalue weighted by atomic mass is 35.5. The Kier molecular flexibility index (Phi) is 6.50. The maximum absolute atomic E-state index is 12.1. The quantitative estimate of drug-likeness (QED) is 0.567. The molecule has 29 heavy (non-hydrogen) atoms. The number of aromatic nitrogens is 2. The van der Waals surface area contributed by atoms with Gasteiger partial charge in [0.25, 0.3) is 0 Å². The van der Waals surface area contributed by atoms with Crippen LogP contribution >= 0.6 is 23.2 Å². The highest BCUT2D eigenvalue weighted by molar-refractivity contribution is 7.89. The smallest absolute Gasteiger partial charge is 0.240 e. The molecule has 10 heteroatoms. The summed E-state index contributed by atoms with van der Waals surface area (Å²) in [6, 6.07) is 11.4. The van der Waals surface area contributed by atoms with E-state index < -0.39 is 10.0 Å². The van der Waals surface area contributed by atoms with Gasteiger partial charge in [-0.25, -0.2) is 18.2 Å². The molecule has 3 aromatic rings. The summed E-state index contributed by atoms with van der Waals surface area (Å²) in [6.45, 7) is 0.0101. The number of sulfonamides is 1. The van der Waals surface area contributed by atoms with E-state index in [1.165, 1.54) is 17.9 Å². The molecule has 0 aliphatic carbocycles. The number of aliphatic hydroxyl groups is 1. The van der Waals surface area contributed by atoms with E-state index >= 15 is 0 Å². The first-order chi connectivity index (χ1) is 13.8. The van der Waals surface area contributed by atoms with Crippen LogP contribution in [0.3, 0.4) is 0 Å². The minimum absolute atomic E-state index is 0.0101. The molecule has 0 amide bonds. The Morgan fingerprint density at radius 2 is 1.83 bits per heavy atom. The maximum Gasteiger partial charge on any atom is 0.240 e. The van der Waals surface area contributed by atoms with Gasteiger partial charge in [-0.05, 0) is 43.2 Å². The molecule has 0 radical (unpaired) electrons. The zero-order chi connectivity index (χ0) is 21.2. The molecule has 3 rings (SSSR count). The lowest BCUT2D eigenvalue weighted by Gasteiger charge is -2.13. The second-order valence-electron chi connectivity index (χ2n) is 6.25. The normalized spacial score (nSPS) is 11.6. The number of halogens is 2. The Balaban J connectivity index is 2.26. The fraction of sp³-hybridized carbons (Fsp3) is 0.211. The molecule has 0 bridgehead atoms. The van der Waals surface area contributed by atoms with Gasteiger partial charge in [0.2, 0.25) is 10.0 Å². The van der Waals surface area contributed by atoms with E-state index in [2.05, 4.69) is 5.10 Å². The van der Waals surface area contributed by atoms with Gasteiger partial charge in [0.05, 0.1) is 34.2 Å². The Hall–Kier alpha value is -2.10. The molecule has 0 fully saturated rings. The molecule has 0 aliphatic heterocycles. The summed E-state index contributed by atoms with van der Waals surface area (Å²) in [5, 5.41) is 19.7. The predicted octanol–water partition coefficient (Wildman–Crippen LogP) is 3.43. The fourth-order valence-electron chi connectivity index (χ4n) is 2.98. The number of primary sulfonamides is 1. The Morgan fingerprint density at radius 3 is 2.41 bits per heavy atom. The average Bonchev–Trinajstić information content (AvgIpc) is 3.09. The van der Waals surface area contributed by atoms with Crippen molar-refractivity contribution < 1.29 is 18.3 Å². The SMILES string of the molecule is COc1c(Cl)cc(-c2cc(CCCO)nn2-c2ccccc2S(N)(=O)=O)cc1Cl. The molecule has 3 N–H and O–H groups in total. The third-order valence-electron chi connectivity index (χ3n) is 4.25. The van der Waals surface area contributed by atoms with Crippen molar-refractivity contribution in [3.05, 3.63) is 58.2 Å². The van der Waals surface area contributed by atoms with E-state index in [4.69, 9.17) is 38.2 Å². The summed E-state index contributed by atoms with van der Waals surface area (Å²) in [5.41, 5.74) is 2.15. The van der Waals surface area contributed by atoms with E-state index in [0.29, 0.717) is 51.3 Å². The molecule has 1 aromatic heterocycles. The lowest BCUT2D eigenvalue weighted by atomic mass is 10.1. The lowest BCUT2D eigenvalue weighted by molar-refractivity contribution is 0.288. The number of para-hydroxylation sites is 1. The average molecular weight is 456 g/mol. The van der Waals surface area contributed by atoms with Gasteiger partial charge in [0.1, 0.15) is 4.90 Å². The predicted molar refractivity (Wildman–Crippen MR) is 112 cm³/mol. The molecule has 0 spiro atoms. The number of hydrogen-bond donors (Lipinski definition) is 2. The molecular formula is C19H19Cl2N3O4S. The van der Waals surface area contributed by atoms with Gasteiger partial charge in [-0.2, -0.15) is 5.10 Å². The van der Waals surface area contributed by atoms with Crippen LogP contribution in [-0.2, 0) is 16.4 Å². The number of nitrogens with two attached hydrogens (primary N) is 1. The molecular weight excluding hydrogens is 437 g/mol. The summed E-state index contributed by atoms with van der Waals surface area (Å²) < 4.78 is 30.9. The van der Waals surface area contributed by atoms with Crippen LogP contribution < -0.4 is 9.88 Å². The van der Waals surface area contributed by atoms with Gasteiger partial charge in [0.15, 0.2) is 5.75 Å². The minimum atomic E-state index is -3.99. The van der Waals surface area contributed by atoms with E-state index in [-0.39, 0.29) is 11.5 Å². The van der Waals surface area contributed by atoms with E-state index in [0.717, 1.165) is 0 Å². The number of hydrogen-bond acceptors (Lipinski definition) is 5. The molecule has 154 valence electrons. The highest BCUT2D eigenvalue weighted by Gasteiger charge is 2.20. The first-order valence-corrected chi connectivity index (χ1v) is 10.9. The van der Waals surface area contributed by atoms with Crippen molar-refractivity contribution in [1.29, 1.82) is 0 Å². The lowest BCUT2D eigenvalue weighted by Crippen LogP contribution is -2.16. The first kappa shape index (κ1) is 21.6. The van der Waals surface area contributed by atoms with Crippen molar-refractivity contribution in [1.82, 2.24) is 9.78 Å². The fourth-order valence-corrected chi connectivity index (χ4v) is 4.33. The van der Waals surface area contributed by atoms with E-state index in [1.54, 1.807) is 36.4 Å². The number of ether oxygens (including phenoxy) is 1. The van der Waals surface area contributed by atoms with Crippen LogP contribution in [0.2, 0.25) is 10.0 Å². The van der Waals surface area contributed by atoms with Crippen LogP contribution in [0.4, 0.5) is 0 Å². The largest absolute Gasteiger partial charge is 0.494 e. The first-order valence-electron chi connectivity index (χ1n) is 8.61. The molecule has 1 heterocycles. The van der Waals surface area contributed by atoms with E-state index in [1.807, 2.05) is 0 Å². The molecule has 7 nitrogen and oxygen atoms in total. The van der Waals surface area contributed by atoms with Crippen molar-refractivity contribution in [2.45, 2.75) is 17.7 Å². The van der Waals surface area contributed by atoms with Gasteiger partial charge in [-0.3, -0.25) is 0 Å². The highest BCUT2D eigenvalue weighted by Crippen LogP contribution is 2.38. The maximum atomic E-state index is 12.1. The van der Waals surface area contributed by atoms with Crippen molar-refractivity contribution in [3.63, 3.8) is 0 Å². The number of benzene rings is 2. The number of nitrogens with zero attached hydrogens (tertiary/aromatic N) is 2. The Morgan fingerprint density at radius 1 is 1.17 bits per heavy atom. The monoisotopic (exact) mass is 455 g/mol. The van der Waals surface area contributed by atoms with Gasteiger partial charge in [-0.15, -0.1) is 0 Å². The van der Waals surface area contributed by atoms with Crippen molar-refractivity contribution in [2.24, 2.45) is 5.14 Å². The van der Waals surface area contributed by atoms with Gasteiger partial charge in [0, 0.05) is 12.2 Å². The van der Waals surface area contributed by atoms with Crippen LogP contribution in [0.15, 0.2) is 47.4 Å². The third kappa shape index (κ3) is 4.57. The number of methoxy groups -OCH3 is 1. The molecule has 2 aromatic carbocycles. The van der Waals surface area contributed by atoms with Crippen LogP contribution in [0.1, 0.15) is 12.1 Å². The van der Waals surface area contributed by atoms with Crippen LogP contribution in [0.5, 0.6) is 5.75 Å². The second-order valence-corrected chi connectivity index (χ2v) is 8.59. The second kappa shape index (κ2) is 8.73. The van der Waals surface area contributed by atoms with Gasteiger partial charge >= 0.3 is 0 Å². The summed E-state index contributed by atoms with van der Waals surface area (Å²) in [7, 11) is -2.52. The van der Waals surface area contributed by atoms with Crippen molar-refractivity contribution in [3.8, 4) is 22.7 Å². The van der Waals surface area contributed by atoms with Crippen LogP contribution in [-0.4, -0.2) is 37.0 Å². The third-order valence-corrected chi connectivity index (χ3v) is 5.77. The van der Waals surface area contributed by atoms with Gasteiger partial charge < -0.3 is 9.84 Å². The van der Waals surface area contributed by atoms with Crippen molar-refractivity contribution in [2.75, 3.05) is 13.7 Å². The summed E-state index contributed by atoms with van der Waals surface area (Å²) >= 11 is 12.6. The summed E-state index contributed by atoms with van der Waals surface area (Å²) in [5.74, 6) is 0.341. The molecule has 0 saturated carbocycles. The van der Waals surface area contributed by atoms with Crippen molar-refractivity contribution >= 4 is 33.2 Å². The van der Waals surface area contributed by atoms with E-state index in [9.17, 15) is 8.42 Å². The number of aryl methyl sites for hydroxylation is 1. The standard InChI is InChI=1S/C19H19Cl2N3O4S/c1-28-19-14(20)9-12(10-15(19)21)17-11-13(5-4-8-25)23-24(17)16-6-2-3-7-18(16)29(22,26)27/h2-3,6-7,9-11,25H,4-5,8H2,1H3,(H2,22,26,27). The number of rotatable bonds is 7. The molecule has 0 unspecified atom stereocenters. The minimum Gasteiger partial charge on any atom is -0.494 e.